The van der Waals surface area contributed by atoms with Gasteiger partial charge in [-0.1, -0.05) is 146 Å². The van der Waals surface area contributed by atoms with Crippen LogP contribution in [0.25, 0.3) is 102 Å². The van der Waals surface area contributed by atoms with Crippen molar-refractivity contribution in [2.45, 2.75) is 0 Å². The molecule has 5 heteroatoms. The highest BCUT2D eigenvalue weighted by molar-refractivity contribution is 6.04. The molecule has 5 nitrogen and oxygen atoms in total. The van der Waals surface area contributed by atoms with Gasteiger partial charge in [-0.25, -0.2) is 9.97 Å². The fourth-order valence-electron chi connectivity index (χ4n) is 7.89. The maximum Gasteiger partial charge on any atom is 0.150 e. The van der Waals surface area contributed by atoms with Gasteiger partial charge in [-0.05, 0) is 70.3 Å². The quantitative estimate of drug-likeness (QED) is 0.168. The number of carbonyl (C=O) groups is 1. The summed E-state index contributed by atoms with van der Waals surface area (Å²) >= 11 is 0. The summed E-state index contributed by atoms with van der Waals surface area (Å²) in [5, 5.41) is 0. The van der Waals surface area contributed by atoms with E-state index in [1.54, 1.807) is 0 Å². The Morgan fingerprint density at radius 1 is 0.375 bits per heavy atom. The molecule has 3 aromatic heterocycles. The van der Waals surface area contributed by atoms with Gasteiger partial charge in [0.2, 0.25) is 0 Å². The monoisotopic (exact) mass is 718 g/mol. The Labute approximate surface area is 324 Å². The maximum atomic E-state index is 11.7. The van der Waals surface area contributed by atoms with E-state index in [1.807, 2.05) is 48.5 Å². The molecule has 8 bridgehead atoms. The number of hydrogen-bond donors (Lipinski definition) is 2. The summed E-state index contributed by atoms with van der Waals surface area (Å²) in [7, 11) is 0. The topological polar surface area (TPSA) is 74.4 Å². The molecule has 0 atom stereocenters. The number of fused-ring (bicyclic) bond motifs is 8. The van der Waals surface area contributed by atoms with E-state index in [1.165, 1.54) is 0 Å². The Kier molecular flexibility index (Phi) is 8.23. The van der Waals surface area contributed by atoms with E-state index < -0.39 is 0 Å². The fourth-order valence-corrected chi connectivity index (χ4v) is 7.89. The molecule has 0 aliphatic carbocycles. The van der Waals surface area contributed by atoms with Gasteiger partial charge in [0.1, 0.15) is 6.29 Å². The van der Waals surface area contributed by atoms with Crippen LogP contribution in [0.3, 0.4) is 0 Å². The van der Waals surface area contributed by atoms with E-state index in [0.29, 0.717) is 5.56 Å². The third-order valence-electron chi connectivity index (χ3n) is 10.5. The minimum absolute atomic E-state index is 0.623. The summed E-state index contributed by atoms with van der Waals surface area (Å²) < 4.78 is 0. The number of aromatic nitrogens is 4. The number of carbonyl (C=O) groups excluding carboxylic acids is 1. The highest BCUT2D eigenvalue weighted by atomic mass is 16.1. The van der Waals surface area contributed by atoms with Crippen LogP contribution in [0.15, 0.2) is 164 Å². The fraction of sp³-hybridized carbons (Fsp3) is 0. The molecule has 264 valence electrons. The molecular formula is C51H34N4O. The molecule has 0 fully saturated rings. The minimum atomic E-state index is 0.623. The van der Waals surface area contributed by atoms with Crippen LogP contribution in [0.4, 0.5) is 0 Å². The second-order valence-electron chi connectivity index (χ2n) is 13.9. The van der Waals surface area contributed by atoms with Crippen LogP contribution >= 0.6 is 0 Å². The molecule has 2 aliphatic heterocycles. The van der Waals surface area contributed by atoms with Crippen molar-refractivity contribution in [3.8, 4) is 55.6 Å². The molecule has 0 spiro atoms. The number of nitrogens with zero attached hydrogens (tertiary/aromatic N) is 2. The molecule has 0 saturated heterocycles. The largest absolute Gasteiger partial charge is 0.354 e. The number of benzene rings is 5. The van der Waals surface area contributed by atoms with Gasteiger partial charge in [0.05, 0.1) is 28.3 Å². The molecule has 8 aromatic rings. The van der Waals surface area contributed by atoms with Crippen LogP contribution in [-0.4, -0.2) is 26.2 Å². The molecule has 5 aromatic carbocycles. The smallest absolute Gasteiger partial charge is 0.150 e. The van der Waals surface area contributed by atoms with Crippen LogP contribution in [0.5, 0.6) is 0 Å². The van der Waals surface area contributed by atoms with Crippen molar-refractivity contribution < 1.29 is 4.79 Å². The second kappa shape index (κ2) is 14.0. The average molecular weight is 719 g/mol. The van der Waals surface area contributed by atoms with E-state index in [2.05, 4.69) is 150 Å². The molecular weight excluding hydrogens is 685 g/mol. The summed E-state index contributed by atoms with van der Waals surface area (Å²) in [6.45, 7) is 0. The predicted octanol–water partition coefficient (Wildman–Crippen LogP) is 12.8. The van der Waals surface area contributed by atoms with Crippen molar-refractivity contribution in [3.63, 3.8) is 0 Å². The van der Waals surface area contributed by atoms with Gasteiger partial charge >= 0.3 is 0 Å². The Bertz CT molecular complexity index is 3000. The van der Waals surface area contributed by atoms with Gasteiger partial charge in [0.25, 0.3) is 0 Å². The SMILES string of the molecule is O=Cc1ccc(-c2cc3[nH]c2c(-c2ccccc2)c2nc(c(-c4ccccc4)c4ccc([nH]4)c(-c4ccccc4)c4nc(c3-c3ccccc3)C=C4)C=C2)cc1. The Balaban J connectivity index is 1.44. The molecule has 5 heterocycles. The summed E-state index contributed by atoms with van der Waals surface area (Å²) in [4.78, 5) is 30.4. The third-order valence-corrected chi connectivity index (χ3v) is 10.5. The van der Waals surface area contributed by atoms with Crippen molar-refractivity contribution in [1.29, 1.82) is 0 Å². The summed E-state index contributed by atoms with van der Waals surface area (Å²) in [6.07, 6.45) is 9.36. The lowest BCUT2D eigenvalue weighted by atomic mass is 9.98. The molecule has 0 saturated carbocycles. The van der Waals surface area contributed by atoms with E-state index in [9.17, 15) is 4.79 Å². The normalized spacial score (nSPS) is 11.9. The van der Waals surface area contributed by atoms with Gasteiger partial charge in [-0.15, -0.1) is 0 Å². The molecule has 2 N–H and O–H groups in total. The van der Waals surface area contributed by atoms with Crippen molar-refractivity contribution in [1.82, 2.24) is 19.9 Å². The first-order valence-corrected chi connectivity index (χ1v) is 18.7. The van der Waals surface area contributed by atoms with Crippen LogP contribution in [0.2, 0.25) is 0 Å². The van der Waals surface area contributed by atoms with Crippen molar-refractivity contribution in [3.05, 3.63) is 192 Å². The Morgan fingerprint density at radius 2 is 0.768 bits per heavy atom. The average Bonchev–Trinajstić information content (AvgIpc) is 4.10. The van der Waals surface area contributed by atoms with E-state index in [4.69, 9.17) is 9.97 Å². The van der Waals surface area contributed by atoms with Gasteiger partial charge in [-0.3, -0.25) is 4.79 Å². The van der Waals surface area contributed by atoms with E-state index in [-0.39, 0.29) is 0 Å². The van der Waals surface area contributed by atoms with Crippen LogP contribution in [-0.2, 0) is 0 Å². The summed E-state index contributed by atoms with van der Waals surface area (Å²) in [5.74, 6) is 0. The lowest BCUT2D eigenvalue weighted by Crippen LogP contribution is -1.90. The molecule has 56 heavy (non-hydrogen) atoms. The lowest BCUT2D eigenvalue weighted by Gasteiger charge is -2.08. The van der Waals surface area contributed by atoms with Gasteiger partial charge in [0, 0.05) is 49.9 Å². The zero-order valence-electron chi connectivity index (χ0n) is 30.3. The molecule has 0 unspecified atom stereocenters. The van der Waals surface area contributed by atoms with E-state index in [0.717, 1.165) is 107 Å². The first kappa shape index (κ1) is 33.0. The first-order chi connectivity index (χ1) is 27.7. The molecule has 10 rings (SSSR count). The lowest BCUT2D eigenvalue weighted by molar-refractivity contribution is 0.112. The van der Waals surface area contributed by atoms with Crippen LogP contribution < -0.4 is 0 Å². The third kappa shape index (κ3) is 5.88. The van der Waals surface area contributed by atoms with Crippen LogP contribution in [0, 0.1) is 0 Å². The van der Waals surface area contributed by atoms with Crippen molar-refractivity contribution in [2.24, 2.45) is 0 Å². The summed E-state index contributed by atoms with van der Waals surface area (Å²) in [6, 6.07) is 56.0. The van der Waals surface area contributed by atoms with Crippen LogP contribution in [0.1, 0.15) is 33.1 Å². The number of hydrogen-bond acceptors (Lipinski definition) is 3. The second-order valence-corrected chi connectivity index (χ2v) is 13.9. The Hall–Kier alpha value is -7.63. The zero-order chi connectivity index (χ0) is 37.4. The summed E-state index contributed by atoms with van der Waals surface area (Å²) in [5.41, 5.74) is 17.9. The van der Waals surface area contributed by atoms with Gasteiger partial charge in [-0.2, -0.15) is 0 Å². The molecule has 0 radical (unpaired) electrons. The standard InChI is InChI=1S/C51H34N4O/c56-32-33-21-23-34(24-22-33)39-31-46-49(37-17-9-3-10-18-37)44-28-27-42(53-44)47(35-13-5-1-6-14-35)40-25-26-41(52-40)48(36-15-7-2-8-16-36)43-29-30-45(54-43)50(51(39)55-46)38-19-11-4-12-20-38/h1-32,52,55H. The van der Waals surface area contributed by atoms with Gasteiger partial charge < -0.3 is 9.97 Å². The predicted molar refractivity (Wildman–Crippen MR) is 231 cm³/mol. The number of H-pyrrole nitrogens is 2. The molecule has 2 aliphatic rings. The highest BCUT2D eigenvalue weighted by Crippen LogP contribution is 2.41. The minimum Gasteiger partial charge on any atom is -0.354 e. The first-order valence-electron chi connectivity index (χ1n) is 18.7. The number of aromatic amines is 2. The van der Waals surface area contributed by atoms with Crippen molar-refractivity contribution >= 4 is 52.7 Å². The maximum absolute atomic E-state index is 11.7. The molecule has 0 amide bonds. The Morgan fingerprint density at radius 3 is 1.20 bits per heavy atom. The number of aldehydes is 1. The highest BCUT2D eigenvalue weighted by Gasteiger charge is 2.21. The number of nitrogens with one attached hydrogen (secondary N) is 2. The zero-order valence-corrected chi connectivity index (χ0v) is 30.3. The van der Waals surface area contributed by atoms with Crippen molar-refractivity contribution in [2.75, 3.05) is 0 Å². The van der Waals surface area contributed by atoms with E-state index >= 15 is 0 Å². The number of rotatable bonds is 6. The van der Waals surface area contributed by atoms with Gasteiger partial charge in [0.15, 0.2) is 0 Å².